The minimum Gasteiger partial charge on any atom is -0.352 e. The second-order valence-corrected chi connectivity index (χ2v) is 13.6. The summed E-state index contributed by atoms with van der Waals surface area (Å²) in [6.07, 6.45) is 0. The third-order valence-corrected chi connectivity index (χ3v) is 11.4. The Morgan fingerprint density at radius 1 is 0.953 bits per heavy atom. The molecule has 2 aliphatic heterocycles. The van der Waals surface area contributed by atoms with Gasteiger partial charge in [0.05, 0.1) is 5.44 Å². The predicted octanol–water partition coefficient (Wildman–Crippen LogP) is -11.1. The van der Waals surface area contributed by atoms with Crippen LogP contribution in [0.2, 0.25) is 15.5 Å². The zero-order valence-electron chi connectivity index (χ0n) is 26.7. The Bertz CT molecular complexity index is 1600. The highest BCUT2D eigenvalue weighted by Gasteiger charge is 2.65. The molecule has 0 aliphatic carbocycles. The highest BCUT2D eigenvalue weighted by Crippen LogP contribution is 2.56. The fraction of sp³-hybridized carbons (Fsp3) is 0.273. The van der Waals surface area contributed by atoms with Crippen molar-refractivity contribution in [2.45, 2.75) is 34.3 Å². The number of imide groups is 1. The standard InChI is InChI=1S/C22H29B11ClF2N3O4/c23-9-8(10(24)12(26)13(34)11(9)25)19(35,36)16(41)37-14(27)5-1-2-7-6(3-5)4-38(15(7)40)21(30)18(43)39(33)17(42)20(28,29)22(21,31)32/h1-3,14H,4,23-33H2,(H,37,41). The summed E-state index contributed by atoms with van der Waals surface area (Å²) in [4.78, 5) is 56.0. The van der Waals surface area contributed by atoms with Gasteiger partial charge in [0.25, 0.3) is 11.8 Å². The van der Waals surface area contributed by atoms with E-state index >= 15 is 8.78 Å². The number of hydrogen-bond donors (Lipinski definition) is 1. The zero-order valence-corrected chi connectivity index (χ0v) is 27.4. The van der Waals surface area contributed by atoms with E-state index in [1.807, 2.05) is 15.7 Å². The molecule has 7 nitrogen and oxygen atoms in total. The molecule has 0 spiro atoms. The van der Waals surface area contributed by atoms with Crippen LogP contribution in [0.5, 0.6) is 0 Å². The van der Waals surface area contributed by atoms with Crippen LogP contribution in [-0.2, 0) is 26.9 Å². The van der Waals surface area contributed by atoms with Crippen LogP contribution < -0.4 is 27.2 Å². The summed E-state index contributed by atoms with van der Waals surface area (Å²) in [6.45, 7) is 0.0876. The highest BCUT2D eigenvalue weighted by atomic mass is 35.5. The number of fused-ring (bicyclic) bond motifs is 1. The molecular formula is C22H29B11ClF2N3O4. The van der Waals surface area contributed by atoms with Gasteiger partial charge >= 0.3 is 5.92 Å². The predicted molar refractivity (Wildman–Crippen MR) is 195 cm³/mol. The molecule has 21 heteroatoms. The molecule has 1 N–H and O–H groups in total. The van der Waals surface area contributed by atoms with Crippen molar-refractivity contribution in [3.8, 4) is 0 Å². The lowest BCUT2D eigenvalue weighted by Crippen LogP contribution is -2.75. The number of carbonyl (C=O) groups is 4. The van der Waals surface area contributed by atoms with E-state index < -0.39 is 39.5 Å². The van der Waals surface area contributed by atoms with Crippen molar-refractivity contribution < 1.29 is 28.0 Å². The van der Waals surface area contributed by atoms with Crippen molar-refractivity contribution in [1.29, 1.82) is 0 Å². The van der Waals surface area contributed by atoms with Crippen molar-refractivity contribution in [2.24, 2.45) is 0 Å². The fourth-order valence-electron chi connectivity index (χ4n) is 6.63. The number of nitrogens with one attached hydrogen (secondary N) is 1. The van der Waals surface area contributed by atoms with Gasteiger partial charge in [0, 0.05) is 28.6 Å². The summed E-state index contributed by atoms with van der Waals surface area (Å²) in [6, 6.07) is 4.91. The van der Waals surface area contributed by atoms with E-state index in [4.69, 9.17) is 11.6 Å². The van der Waals surface area contributed by atoms with E-state index in [-0.39, 0.29) is 34.8 Å². The maximum atomic E-state index is 15.7. The molecule has 0 aromatic heterocycles. The third-order valence-electron chi connectivity index (χ3n) is 10.8. The van der Waals surface area contributed by atoms with Gasteiger partial charge in [0.2, 0.25) is 19.8 Å². The van der Waals surface area contributed by atoms with Crippen LogP contribution in [0.1, 0.15) is 33.0 Å². The minimum atomic E-state index is -3.82. The van der Waals surface area contributed by atoms with Gasteiger partial charge in [-0.25, -0.2) is 0 Å². The molecule has 1 fully saturated rings. The third kappa shape index (κ3) is 4.52. The molecule has 2 heterocycles. The Kier molecular flexibility index (Phi) is 8.12. The van der Waals surface area contributed by atoms with E-state index in [9.17, 15) is 19.2 Å². The molecule has 0 bridgehead atoms. The van der Waals surface area contributed by atoms with Gasteiger partial charge in [0.15, 0.2) is 0 Å². The monoisotopic (exact) mass is 593 g/mol. The zero-order chi connectivity index (χ0) is 32.8. The molecule has 43 heavy (non-hydrogen) atoms. The van der Waals surface area contributed by atoms with Crippen molar-refractivity contribution in [2.75, 3.05) is 0 Å². The van der Waals surface area contributed by atoms with E-state index in [0.29, 0.717) is 32.6 Å². The van der Waals surface area contributed by atoms with Crippen molar-refractivity contribution in [3.05, 3.63) is 45.5 Å². The topological polar surface area (TPSA) is 86.8 Å². The van der Waals surface area contributed by atoms with E-state index in [0.717, 1.165) is 4.81 Å². The summed E-state index contributed by atoms with van der Waals surface area (Å²) in [5.74, 6) is -7.21. The van der Waals surface area contributed by atoms with Gasteiger partial charge in [-0.3, -0.25) is 19.2 Å². The van der Waals surface area contributed by atoms with Crippen LogP contribution in [0.4, 0.5) is 8.78 Å². The number of carbonyl (C=O) groups excluding carboxylic acids is 4. The number of piperidine rings is 1. The first-order chi connectivity index (χ1) is 19.6. The molecule has 4 rings (SSSR count). The quantitative estimate of drug-likeness (QED) is 0.277. The summed E-state index contributed by atoms with van der Waals surface area (Å²) in [5, 5.41) is 0.972. The smallest absolute Gasteiger partial charge is 0.348 e. The first kappa shape index (κ1) is 33.3. The van der Waals surface area contributed by atoms with Crippen LogP contribution in [0, 0.1) is 0 Å². The number of rotatable bonds is 5. The number of benzene rings is 2. The van der Waals surface area contributed by atoms with Crippen LogP contribution >= 0.6 is 11.6 Å². The number of hydrogen-bond acceptors (Lipinski definition) is 4. The molecule has 1 saturated heterocycles. The summed E-state index contributed by atoms with van der Waals surface area (Å²) in [7, 11) is 18.3. The number of halogens is 3. The Morgan fingerprint density at radius 2 is 1.49 bits per heavy atom. The SMILES string of the molecule is Bc1c(B)c(C(F)(F)C(=O)NC(B)c2ccc3c(c2)CN(C2(B)C(=O)N(B)C(=O)C(B)(B)C2(B)B)C3=O)c(B)c(B)c1Cl. The Morgan fingerprint density at radius 3 is 2.02 bits per heavy atom. The largest absolute Gasteiger partial charge is 0.352 e. The molecule has 2 aromatic rings. The molecule has 2 aromatic carbocycles. The fourth-order valence-corrected chi connectivity index (χ4v) is 6.91. The first-order valence-corrected chi connectivity index (χ1v) is 14.7. The second kappa shape index (κ2) is 10.5. The molecule has 0 saturated carbocycles. The van der Waals surface area contributed by atoms with Gasteiger partial charge in [0.1, 0.15) is 78.5 Å². The Balaban J connectivity index is 1.64. The average Bonchev–Trinajstić information content (AvgIpc) is 3.28. The van der Waals surface area contributed by atoms with Gasteiger partial charge in [-0.2, -0.15) is 8.78 Å². The molecule has 0 radical (unpaired) electrons. The maximum Gasteiger partial charge on any atom is 0.348 e. The Labute approximate surface area is 265 Å². The molecule has 2 unspecified atom stereocenters. The van der Waals surface area contributed by atoms with E-state index in [1.54, 1.807) is 65.3 Å². The lowest BCUT2D eigenvalue weighted by molar-refractivity contribution is -0.149. The van der Waals surface area contributed by atoms with Crippen molar-refractivity contribution in [1.82, 2.24) is 15.0 Å². The maximum absolute atomic E-state index is 15.7. The van der Waals surface area contributed by atoms with E-state index in [2.05, 4.69) is 5.32 Å². The second-order valence-electron chi connectivity index (χ2n) is 13.3. The van der Waals surface area contributed by atoms with Crippen molar-refractivity contribution in [3.63, 3.8) is 0 Å². The first-order valence-electron chi connectivity index (χ1n) is 14.3. The summed E-state index contributed by atoms with van der Waals surface area (Å²) >= 11 is 6.32. The van der Waals surface area contributed by atoms with Crippen molar-refractivity contribution >= 4 is 144 Å². The molecule has 2 atom stereocenters. The van der Waals surface area contributed by atoms with Gasteiger partial charge in [-0.15, -0.1) is 0 Å². The number of amides is 4. The lowest BCUT2D eigenvalue weighted by Gasteiger charge is -2.61. The molecule has 2 aliphatic rings. The number of alkyl halides is 2. The Hall–Kier alpha value is -2.62. The van der Waals surface area contributed by atoms with Gasteiger partial charge in [-0.05, 0) is 22.4 Å². The molecular weight excluding hydrogens is 563 g/mol. The number of nitrogens with zero attached hydrogens (tertiary/aromatic N) is 2. The lowest BCUT2D eigenvalue weighted by atomic mass is 9.21. The minimum absolute atomic E-state index is 0.0876. The highest BCUT2D eigenvalue weighted by molar-refractivity contribution is 6.68. The van der Waals surface area contributed by atoms with Crippen LogP contribution in [-0.4, -0.2) is 125 Å². The summed E-state index contributed by atoms with van der Waals surface area (Å²) < 4.78 is 31.3. The van der Waals surface area contributed by atoms with Gasteiger partial charge < -0.3 is 15.0 Å². The van der Waals surface area contributed by atoms with Crippen LogP contribution in [0.3, 0.4) is 0 Å². The normalized spacial score (nSPS) is 21.9. The van der Waals surface area contributed by atoms with Crippen LogP contribution in [0.15, 0.2) is 18.2 Å². The average molecular weight is 592 g/mol. The molecule has 210 valence electrons. The van der Waals surface area contributed by atoms with Crippen LogP contribution in [0.25, 0.3) is 0 Å². The molecule has 4 amide bonds. The summed E-state index contributed by atoms with van der Waals surface area (Å²) in [5.41, 5.74) is 1.35. The van der Waals surface area contributed by atoms with Gasteiger partial charge in [-0.1, -0.05) is 50.8 Å². The van der Waals surface area contributed by atoms with E-state index in [1.165, 1.54) is 28.6 Å².